The lowest BCUT2D eigenvalue weighted by Gasteiger charge is -2.22. The van der Waals surface area contributed by atoms with E-state index < -0.39 is 0 Å². The number of hydrogen-bond acceptors (Lipinski definition) is 6. The molecule has 0 amide bonds. The van der Waals surface area contributed by atoms with Crippen LogP contribution in [-0.4, -0.2) is 46.7 Å². The van der Waals surface area contributed by atoms with E-state index in [9.17, 15) is 9.59 Å². The Hall–Kier alpha value is -1.89. The third-order valence-corrected chi connectivity index (χ3v) is 7.46. The van der Waals surface area contributed by atoms with E-state index in [0.717, 1.165) is 45.3 Å². The van der Waals surface area contributed by atoms with Crippen LogP contribution in [0.4, 0.5) is 5.82 Å². The van der Waals surface area contributed by atoms with E-state index in [0.29, 0.717) is 19.6 Å². The molecule has 0 spiro atoms. The van der Waals surface area contributed by atoms with Crippen molar-refractivity contribution < 1.29 is 9.53 Å². The highest BCUT2D eigenvalue weighted by molar-refractivity contribution is 5.69. The van der Waals surface area contributed by atoms with Gasteiger partial charge >= 0.3 is 11.7 Å². The first-order valence-corrected chi connectivity index (χ1v) is 16.3. The smallest absolute Gasteiger partial charge is 0.349 e. The number of esters is 1. The number of rotatable bonds is 27. The molecule has 0 fully saturated rings. The zero-order valence-electron chi connectivity index (χ0n) is 25.5. The van der Waals surface area contributed by atoms with Crippen LogP contribution in [0.3, 0.4) is 0 Å². The fourth-order valence-corrected chi connectivity index (χ4v) is 4.98. The SMILES string of the molecule is CCCCCCCCCOC(=O)CCCCCCCN(CCCCCCCC)CCCn1ccc(N)nc1=O. The first-order chi connectivity index (χ1) is 19.1. The van der Waals surface area contributed by atoms with Crippen molar-refractivity contribution in [2.75, 3.05) is 32.0 Å². The van der Waals surface area contributed by atoms with Crippen molar-refractivity contribution >= 4 is 11.8 Å². The van der Waals surface area contributed by atoms with Gasteiger partial charge in [-0.25, -0.2) is 4.79 Å². The molecule has 0 atom stereocenters. The predicted octanol–water partition coefficient (Wildman–Crippen LogP) is 7.51. The zero-order valence-corrected chi connectivity index (χ0v) is 25.5. The quantitative estimate of drug-likeness (QED) is 0.0903. The van der Waals surface area contributed by atoms with Crippen LogP contribution in [0.1, 0.15) is 142 Å². The van der Waals surface area contributed by atoms with E-state index in [1.54, 1.807) is 16.8 Å². The molecule has 1 heterocycles. The fraction of sp³-hybridized carbons (Fsp3) is 0.844. The van der Waals surface area contributed by atoms with Crippen molar-refractivity contribution in [2.45, 2.75) is 149 Å². The van der Waals surface area contributed by atoms with E-state index in [1.807, 2.05) is 0 Å². The maximum atomic E-state index is 12.0. The van der Waals surface area contributed by atoms with Crippen LogP contribution in [-0.2, 0) is 16.1 Å². The number of carbonyl (C=O) groups is 1. The summed E-state index contributed by atoms with van der Waals surface area (Å²) in [6, 6.07) is 1.69. The van der Waals surface area contributed by atoms with Crippen molar-refractivity contribution in [1.82, 2.24) is 14.5 Å². The molecule has 2 N–H and O–H groups in total. The molecule has 0 radical (unpaired) electrons. The number of ether oxygens (including phenoxy) is 1. The molecule has 226 valence electrons. The Morgan fingerprint density at radius 3 is 1.87 bits per heavy atom. The normalized spacial score (nSPS) is 11.4. The average Bonchev–Trinajstić information content (AvgIpc) is 2.92. The highest BCUT2D eigenvalue weighted by atomic mass is 16.5. The summed E-state index contributed by atoms with van der Waals surface area (Å²) in [5.74, 6) is 0.253. The van der Waals surface area contributed by atoms with Gasteiger partial charge in [0.15, 0.2) is 0 Å². The minimum absolute atomic E-state index is 0.0264. The van der Waals surface area contributed by atoms with Gasteiger partial charge in [-0.15, -0.1) is 0 Å². The lowest BCUT2D eigenvalue weighted by Crippen LogP contribution is -2.30. The monoisotopic (exact) mass is 548 g/mol. The Labute approximate surface area is 239 Å². The second-order valence-corrected chi connectivity index (χ2v) is 11.2. The zero-order chi connectivity index (χ0) is 28.4. The maximum absolute atomic E-state index is 12.0. The van der Waals surface area contributed by atoms with Gasteiger partial charge in [0.1, 0.15) is 5.82 Å². The molecule has 1 aromatic heterocycles. The molecule has 1 aromatic rings. The van der Waals surface area contributed by atoms with Crippen LogP contribution >= 0.6 is 0 Å². The Kier molecular flexibility index (Phi) is 22.6. The molecular formula is C32H60N4O3. The number of anilines is 1. The van der Waals surface area contributed by atoms with Gasteiger partial charge in [0.2, 0.25) is 0 Å². The third-order valence-electron chi connectivity index (χ3n) is 7.46. The van der Waals surface area contributed by atoms with Crippen molar-refractivity contribution in [3.63, 3.8) is 0 Å². The largest absolute Gasteiger partial charge is 0.466 e. The van der Waals surface area contributed by atoms with Gasteiger partial charge in [-0.1, -0.05) is 104 Å². The second kappa shape index (κ2) is 25.1. The lowest BCUT2D eigenvalue weighted by molar-refractivity contribution is -0.143. The minimum Gasteiger partial charge on any atom is -0.466 e. The third kappa shape index (κ3) is 20.6. The molecule has 0 aromatic carbocycles. The standard InChI is InChI=1S/C32H60N4O3/c1-3-5-7-9-11-16-20-29-39-31(37)22-17-13-12-15-19-25-35(24-18-14-10-8-6-4-2)26-21-27-36-28-23-30(33)34-32(36)38/h23,28H,3-22,24-27,29H2,1-2H3,(H2,33,34,38). The Morgan fingerprint density at radius 2 is 1.28 bits per heavy atom. The highest BCUT2D eigenvalue weighted by Crippen LogP contribution is 2.11. The lowest BCUT2D eigenvalue weighted by atomic mass is 10.1. The summed E-state index contributed by atoms with van der Waals surface area (Å²) in [7, 11) is 0. The van der Waals surface area contributed by atoms with Gasteiger partial charge in [0, 0.05) is 19.2 Å². The fourth-order valence-electron chi connectivity index (χ4n) is 4.98. The number of aryl methyl sites for hydroxylation is 1. The molecule has 7 nitrogen and oxygen atoms in total. The van der Waals surface area contributed by atoms with Crippen LogP contribution in [0.2, 0.25) is 0 Å². The number of carbonyl (C=O) groups excluding carboxylic acids is 1. The van der Waals surface area contributed by atoms with Crippen molar-refractivity contribution in [2.24, 2.45) is 0 Å². The Bertz CT molecular complexity index is 768. The van der Waals surface area contributed by atoms with E-state index in [4.69, 9.17) is 10.5 Å². The van der Waals surface area contributed by atoms with Crippen molar-refractivity contribution in [3.8, 4) is 0 Å². The molecule has 1 rings (SSSR count). The number of unbranched alkanes of at least 4 members (excludes halogenated alkanes) is 15. The molecule has 0 aliphatic heterocycles. The summed E-state index contributed by atoms with van der Waals surface area (Å²) < 4.78 is 7.05. The van der Waals surface area contributed by atoms with E-state index in [1.165, 1.54) is 96.3 Å². The Morgan fingerprint density at radius 1 is 0.769 bits per heavy atom. The molecule has 0 bridgehead atoms. The maximum Gasteiger partial charge on any atom is 0.349 e. The highest BCUT2D eigenvalue weighted by Gasteiger charge is 2.07. The summed E-state index contributed by atoms with van der Waals surface area (Å²) in [6.07, 6.45) is 25.3. The molecule has 0 aliphatic rings. The molecule has 0 saturated carbocycles. The molecule has 7 heteroatoms. The van der Waals surface area contributed by atoms with Crippen LogP contribution in [0.25, 0.3) is 0 Å². The first-order valence-electron chi connectivity index (χ1n) is 16.3. The predicted molar refractivity (Wildman–Crippen MR) is 164 cm³/mol. The topological polar surface area (TPSA) is 90.4 Å². The van der Waals surface area contributed by atoms with Gasteiger partial charge < -0.3 is 15.4 Å². The van der Waals surface area contributed by atoms with Gasteiger partial charge in [0.05, 0.1) is 6.61 Å². The molecular weight excluding hydrogens is 488 g/mol. The number of nitrogens with zero attached hydrogens (tertiary/aromatic N) is 3. The number of hydrogen-bond donors (Lipinski definition) is 1. The van der Waals surface area contributed by atoms with Crippen LogP contribution in [0.5, 0.6) is 0 Å². The summed E-state index contributed by atoms with van der Waals surface area (Å²) in [6.45, 7) is 8.99. The van der Waals surface area contributed by atoms with Crippen molar-refractivity contribution in [1.29, 1.82) is 0 Å². The van der Waals surface area contributed by atoms with Crippen LogP contribution in [0.15, 0.2) is 17.1 Å². The summed E-state index contributed by atoms with van der Waals surface area (Å²) in [5.41, 5.74) is 5.34. The number of nitrogen functional groups attached to an aromatic ring is 1. The van der Waals surface area contributed by atoms with E-state index >= 15 is 0 Å². The summed E-state index contributed by atoms with van der Waals surface area (Å²) >= 11 is 0. The van der Waals surface area contributed by atoms with Crippen LogP contribution < -0.4 is 11.4 Å². The van der Waals surface area contributed by atoms with Gasteiger partial charge in [0.25, 0.3) is 0 Å². The summed E-state index contributed by atoms with van der Waals surface area (Å²) in [4.78, 5) is 30.4. The molecule has 39 heavy (non-hydrogen) atoms. The van der Waals surface area contributed by atoms with Gasteiger partial charge in [-0.3, -0.25) is 9.36 Å². The minimum atomic E-state index is -0.265. The average molecular weight is 549 g/mol. The molecule has 0 aliphatic carbocycles. The number of nitrogens with two attached hydrogens (primary N) is 1. The molecule has 0 unspecified atom stereocenters. The van der Waals surface area contributed by atoms with Gasteiger partial charge in [-0.05, 0) is 57.8 Å². The second-order valence-electron chi connectivity index (χ2n) is 11.2. The first kappa shape index (κ1) is 35.1. The molecule has 0 saturated heterocycles. The summed E-state index contributed by atoms with van der Waals surface area (Å²) in [5, 5.41) is 0. The number of aromatic nitrogens is 2. The van der Waals surface area contributed by atoms with E-state index in [-0.39, 0.29) is 17.5 Å². The van der Waals surface area contributed by atoms with Gasteiger partial charge in [-0.2, -0.15) is 4.98 Å². The van der Waals surface area contributed by atoms with Crippen LogP contribution in [0, 0.1) is 0 Å². The van der Waals surface area contributed by atoms with E-state index in [2.05, 4.69) is 23.7 Å². The Balaban J connectivity index is 2.16. The van der Waals surface area contributed by atoms with Crippen molar-refractivity contribution in [3.05, 3.63) is 22.7 Å².